The number of halogens is 1. The zero-order valence-electron chi connectivity index (χ0n) is 12.2. The Morgan fingerprint density at radius 1 is 1.15 bits per heavy atom. The molecule has 0 radical (unpaired) electrons. The van der Waals surface area contributed by atoms with Crippen molar-refractivity contribution in [2.24, 2.45) is 11.8 Å². The average molecular weight is 270 g/mol. The van der Waals surface area contributed by atoms with Crippen molar-refractivity contribution in [1.82, 2.24) is 0 Å². The van der Waals surface area contributed by atoms with Gasteiger partial charge in [0.25, 0.3) is 0 Å². The van der Waals surface area contributed by atoms with Gasteiger partial charge in [-0.2, -0.15) is 0 Å². The minimum atomic E-state index is -0.213. The second kappa shape index (κ2) is 7.90. The monoisotopic (exact) mass is 270 g/mol. The summed E-state index contributed by atoms with van der Waals surface area (Å²) in [5, 5.41) is 0. The number of rotatable bonds is 3. The van der Waals surface area contributed by atoms with Gasteiger partial charge in [-0.15, -0.1) is 0 Å². The van der Waals surface area contributed by atoms with Gasteiger partial charge in [0.15, 0.2) is 0 Å². The van der Waals surface area contributed by atoms with E-state index in [-0.39, 0.29) is 5.82 Å². The molecule has 1 aliphatic rings. The fourth-order valence-corrected chi connectivity index (χ4v) is 2.92. The summed E-state index contributed by atoms with van der Waals surface area (Å²) < 4.78 is 12.7. The molecule has 0 heterocycles. The van der Waals surface area contributed by atoms with E-state index in [4.69, 9.17) is 0 Å². The molecule has 0 atom stereocenters. The Bertz CT molecular complexity index is 479. The van der Waals surface area contributed by atoms with Crippen molar-refractivity contribution in [1.29, 1.82) is 0 Å². The lowest BCUT2D eigenvalue weighted by Gasteiger charge is -2.26. The summed E-state index contributed by atoms with van der Waals surface area (Å²) >= 11 is 0. The molecule has 1 aromatic carbocycles. The summed E-state index contributed by atoms with van der Waals surface area (Å²) in [4.78, 5) is 0. The molecule has 1 fully saturated rings. The number of hydrogen-bond acceptors (Lipinski definition) is 0. The van der Waals surface area contributed by atoms with E-state index in [2.05, 4.69) is 24.8 Å². The molecule has 1 heteroatoms. The molecule has 106 valence electrons. The van der Waals surface area contributed by atoms with Crippen molar-refractivity contribution < 1.29 is 4.39 Å². The summed E-state index contributed by atoms with van der Waals surface area (Å²) in [6, 6.07) is 6.32. The van der Waals surface area contributed by atoms with Crippen LogP contribution in [0.5, 0.6) is 0 Å². The molecule has 20 heavy (non-hydrogen) atoms. The third-order valence-corrected chi connectivity index (χ3v) is 4.10. The SMILES string of the molecule is CCC[C@H]1CC[C@H](C=CC#Cc2ccc(F)cc2)CC1. The Morgan fingerprint density at radius 3 is 2.50 bits per heavy atom. The maximum atomic E-state index is 12.7. The van der Waals surface area contributed by atoms with E-state index in [1.54, 1.807) is 12.1 Å². The maximum Gasteiger partial charge on any atom is 0.123 e. The van der Waals surface area contributed by atoms with E-state index < -0.39 is 0 Å². The Balaban J connectivity index is 1.79. The Labute approximate surface area is 122 Å². The van der Waals surface area contributed by atoms with Gasteiger partial charge in [0, 0.05) is 5.56 Å². The fraction of sp³-hybridized carbons (Fsp3) is 0.474. The highest BCUT2D eigenvalue weighted by Gasteiger charge is 2.18. The largest absolute Gasteiger partial charge is 0.207 e. The molecule has 0 saturated heterocycles. The minimum Gasteiger partial charge on any atom is -0.207 e. The average Bonchev–Trinajstić information content (AvgIpc) is 2.47. The van der Waals surface area contributed by atoms with Crippen molar-refractivity contribution in [3.05, 3.63) is 47.8 Å². The van der Waals surface area contributed by atoms with Crippen LogP contribution < -0.4 is 0 Å². The quantitative estimate of drug-likeness (QED) is 0.650. The van der Waals surface area contributed by atoms with Crippen molar-refractivity contribution in [3.63, 3.8) is 0 Å². The molecule has 0 spiro atoms. The highest BCUT2D eigenvalue weighted by atomic mass is 19.1. The Kier molecular flexibility index (Phi) is 5.87. The van der Waals surface area contributed by atoms with Crippen LogP contribution in [0.15, 0.2) is 36.4 Å². The van der Waals surface area contributed by atoms with Crippen LogP contribution in [0.1, 0.15) is 51.0 Å². The van der Waals surface area contributed by atoms with Gasteiger partial charge in [-0.25, -0.2) is 4.39 Å². The second-order valence-corrected chi connectivity index (χ2v) is 5.70. The van der Waals surface area contributed by atoms with Crippen LogP contribution in [-0.4, -0.2) is 0 Å². The van der Waals surface area contributed by atoms with Crippen LogP contribution in [-0.2, 0) is 0 Å². The summed E-state index contributed by atoms with van der Waals surface area (Å²) in [5.41, 5.74) is 0.864. The zero-order chi connectivity index (χ0) is 14.2. The lowest BCUT2D eigenvalue weighted by molar-refractivity contribution is 0.294. The molecule has 0 N–H and O–H groups in total. The predicted molar refractivity (Wildman–Crippen MR) is 82.8 cm³/mol. The molecule has 0 amide bonds. The van der Waals surface area contributed by atoms with Gasteiger partial charge in [-0.1, -0.05) is 37.7 Å². The highest BCUT2D eigenvalue weighted by Crippen LogP contribution is 2.31. The van der Waals surface area contributed by atoms with Crippen LogP contribution in [0, 0.1) is 29.5 Å². The topological polar surface area (TPSA) is 0 Å². The first-order valence-corrected chi connectivity index (χ1v) is 7.71. The molecule has 0 aromatic heterocycles. The number of benzene rings is 1. The van der Waals surface area contributed by atoms with Crippen LogP contribution in [0.2, 0.25) is 0 Å². The van der Waals surface area contributed by atoms with Gasteiger partial charge in [0.05, 0.1) is 0 Å². The summed E-state index contributed by atoms with van der Waals surface area (Å²) in [7, 11) is 0. The molecule has 0 nitrogen and oxygen atoms in total. The van der Waals surface area contributed by atoms with E-state index in [0.29, 0.717) is 5.92 Å². The molecule has 1 aromatic rings. The normalized spacial score (nSPS) is 22.5. The van der Waals surface area contributed by atoms with E-state index in [1.807, 2.05) is 6.08 Å². The standard InChI is InChI=1S/C19H23F/c1-2-5-16-8-10-17(11-9-16)6-3-4-7-18-12-14-19(20)15-13-18/h3,6,12-17H,2,5,8-11H2,1H3/t16-,17-. The van der Waals surface area contributed by atoms with E-state index in [9.17, 15) is 4.39 Å². The van der Waals surface area contributed by atoms with Crippen LogP contribution in [0.3, 0.4) is 0 Å². The lowest BCUT2D eigenvalue weighted by atomic mass is 9.80. The maximum absolute atomic E-state index is 12.7. The van der Waals surface area contributed by atoms with Gasteiger partial charge < -0.3 is 0 Å². The number of allylic oxidation sites excluding steroid dienone is 2. The smallest absolute Gasteiger partial charge is 0.123 e. The van der Waals surface area contributed by atoms with Crippen molar-refractivity contribution in [2.45, 2.75) is 45.4 Å². The minimum absolute atomic E-state index is 0.213. The van der Waals surface area contributed by atoms with Gasteiger partial charge in [0.1, 0.15) is 5.82 Å². The van der Waals surface area contributed by atoms with Crippen molar-refractivity contribution in [3.8, 4) is 11.8 Å². The second-order valence-electron chi connectivity index (χ2n) is 5.70. The highest BCUT2D eigenvalue weighted by molar-refractivity contribution is 5.36. The zero-order valence-corrected chi connectivity index (χ0v) is 12.2. The fourth-order valence-electron chi connectivity index (χ4n) is 2.92. The molecule has 0 unspecified atom stereocenters. The number of hydrogen-bond donors (Lipinski definition) is 0. The van der Waals surface area contributed by atoms with Gasteiger partial charge >= 0.3 is 0 Å². The molecule has 2 rings (SSSR count). The first kappa shape index (κ1) is 14.9. The van der Waals surface area contributed by atoms with Crippen LogP contribution in [0.4, 0.5) is 4.39 Å². The summed E-state index contributed by atoms with van der Waals surface area (Å²) in [6.45, 7) is 2.27. The molecule has 1 saturated carbocycles. The molecule has 1 aliphatic carbocycles. The van der Waals surface area contributed by atoms with E-state index in [1.165, 1.54) is 50.7 Å². The summed E-state index contributed by atoms with van der Waals surface area (Å²) in [6.07, 6.45) is 12.3. The van der Waals surface area contributed by atoms with E-state index >= 15 is 0 Å². The van der Waals surface area contributed by atoms with Crippen molar-refractivity contribution >= 4 is 0 Å². The van der Waals surface area contributed by atoms with Gasteiger partial charge in [0.2, 0.25) is 0 Å². The molecule has 0 aliphatic heterocycles. The van der Waals surface area contributed by atoms with Crippen LogP contribution >= 0.6 is 0 Å². The summed E-state index contributed by atoms with van der Waals surface area (Å²) in [5.74, 6) is 7.53. The molecule has 0 bridgehead atoms. The first-order chi connectivity index (χ1) is 9.78. The van der Waals surface area contributed by atoms with E-state index in [0.717, 1.165) is 11.5 Å². The first-order valence-electron chi connectivity index (χ1n) is 7.71. The molecular formula is C19H23F. The van der Waals surface area contributed by atoms with Gasteiger partial charge in [-0.3, -0.25) is 0 Å². The lowest BCUT2D eigenvalue weighted by Crippen LogP contribution is -2.12. The molecular weight excluding hydrogens is 247 g/mol. The van der Waals surface area contributed by atoms with Gasteiger partial charge in [-0.05, 0) is 67.9 Å². The predicted octanol–water partition coefficient (Wildman–Crippen LogP) is 5.34. The Hall–Kier alpha value is -1.55. The van der Waals surface area contributed by atoms with Crippen molar-refractivity contribution in [2.75, 3.05) is 0 Å². The third-order valence-electron chi connectivity index (χ3n) is 4.10. The van der Waals surface area contributed by atoms with Crippen LogP contribution in [0.25, 0.3) is 0 Å². The Morgan fingerprint density at radius 2 is 1.85 bits per heavy atom. The third kappa shape index (κ3) is 4.85.